The van der Waals surface area contributed by atoms with Gasteiger partial charge in [-0.1, -0.05) is 95.4 Å². The smallest absolute Gasteiger partial charge is 0.113 e. The van der Waals surface area contributed by atoms with E-state index >= 15 is 0 Å². The number of hydrogen-bond acceptors (Lipinski definition) is 1. The molecule has 0 N–H and O–H groups in total. The largest absolute Gasteiger partial charge is 0.366 e. The Labute approximate surface area is 137 Å². The Morgan fingerprint density at radius 3 is 2.27 bits per heavy atom. The van der Waals surface area contributed by atoms with Crippen LogP contribution in [0.3, 0.4) is 0 Å². The van der Waals surface area contributed by atoms with Crippen LogP contribution in [0.2, 0.25) is 0 Å². The fraction of sp³-hybridized carbons (Fsp3) is 0.619. The van der Waals surface area contributed by atoms with Gasteiger partial charge in [-0.25, -0.2) is 0 Å². The summed E-state index contributed by atoms with van der Waals surface area (Å²) in [6.07, 6.45) is 11.2. The summed E-state index contributed by atoms with van der Waals surface area (Å²) in [7, 11) is 0. The highest BCUT2D eigenvalue weighted by molar-refractivity contribution is 5.28. The van der Waals surface area contributed by atoms with Crippen molar-refractivity contribution in [3.05, 3.63) is 48.6 Å². The molecule has 0 radical (unpaired) electrons. The summed E-state index contributed by atoms with van der Waals surface area (Å²) in [6.45, 7) is 11.4. The average molecular weight is 303 g/mol. The van der Waals surface area contributed by atoms with Gasteiger partial charge in [0.05, 0.1) is 0 Å². The first kappa shape index (κ1) is 19.0. The fourth-order valence-electron chi connectivity index (χ4n) is 3.27. The molecule has 2 unspecified atom stereocenters. The van der Waals surface area contributed by atoms with E-state index in [1.54, 1.807) is 0 Å². The molecule has 0 spiro atoms. The minimum Gasteiger partial charge on any atom is -0.366 e. The fourth-order valence-corrected chi connectivity index (χ4v) is 3.27. The molecule has 0 fully saturated rings. The Morgan fingerprint density at radius 2 is 1.68 bits per heavy atom. The first-order valence-corrected chi connectivity index (χ1v) is 9.04. The van der Waals surface area contributed by atoms with Crippen molar-refractivity contribution >= 4 is 0 Å². The molecule has 0 aromatic heterocycles. The van der Waals surface area contributed by atoms with Crippen LogP contribution in [0.5, 0.6) is 0 Å². The van der Waals surface area contributed by atoms with Crippen molar-refractivity contribution < 1.29 is 4.74 Å². The highest BCUT2D eigenvalue weighted by atomic mass is 16.5. The van der Waals surface area contributed by atoms with E-state index in [9.17, 15) is 0 Å². The number of rotatable bonds is 12. The van der Waals surface area contributed by atoms with E-state index in [4.69, 9.17) is 4.74 Å². The molecule has 1 aromatic rings. The molecule has 2 atom stereocenters. The lowest BCUT2D eigenvalue weighted by Crippen LogP contribution is -2.35. The SMILES string of the molecule is C=CC(OCC)(c1ccccc1)C(C)CCCCCCCC. The van der Waals surface area contributed by atoms with Gasteiger partial charge in [-0.05, 0) is 24.8 Å². The van der Waals surface area contributed by atoms with E-state index in [1.165, 1.54) is 50.5 Å². The third-order valence-electron chi connectivity index (χ3n) is 4.63. The molecule has 0 heterocycles. The topological polar surface area (TPSA) is 9.23 Å². The van der Waals surface area contributed by atoms with Crippen LogP contribution in [-0.2, 0) is 10.3 Å². The maximum atomic E-state index is 6.20. The molecule has 0 saturated carbocycles. The van der Waals surface area contributed by atoms with Crippen LogP contribution in [0.4, 0.5) is 0 Å². The monoisotopic (exact) mass is 302 g/mol. The van der Waals surface area contributed by atoms with Gasteiger partial charge in [-0.2, -0.15) is 0 Å². The summed E-state index contributed by atoms with van der Waals surface area (Å²) >= 11 is 0. The van der Waals surface area contributed by atoms with Crippen molar-refractivity contribution in [1.29, 1.82) is 0 Å². The normalized spacial score (nSPS) is 15.2. The standard InChI is InChI=1S/C21H34O/c1-5-8-9-10-11-13-16-19(4)21(6-2,22-7-3)20-17-14-12-15-18-20/h6,12,14-15,17-19H,2,5,7-11,13,16H2,1,3-4H3. The van der Waals surface area contributed by atoms with Gasteiger partial charge < -0.3 is 4.74 Å². The van der Waals surface area contributed by atoms with Crippen molar-refractivity contribution in [2.75, 3.05) is 6.61 Å². The predicted octanol–water partition coefficient (Wildman–Crippen LogP) is 6.49. The summed E-state index contributed by atoms with van der Waals surface area (Å²) in [6, 6.07) is 10.6. The highest BCUT2D eigenvalue weighted by Crippen LogP contribution is 2.38. The van der Waals surface area contributed by atoms with Crippen LogP contribution in [-0.4, -0.2) is 6.61 Å². The number of hydrogen-bond donors (Lipinski definition) is 0. The zero-order valence-corrected chi connectivity index (χ0v) is 14.8. The van der Waals surface area contributed by atoms with E-state index in [0.29, 0.717) is 12.5 Å². The predicted molar refractivity (Wildman–Crippen MR) is 97.1 cm³/mol. The lowest BCUT2D eigenvalue weighted by atomic mass is 9.79. The molecule has 0 bridgehead atoms. The number of ether oxygens (including phenoxy) is 1. The van der Waals surface area contributed by atoms with Crippen LogP contribution in [0.25, 0.3) is 0 Å². The second-order valence-electron chi connectivity index (χ2n) is 6.25. The van der Waals surface area contributed by atoms with Crippen LogP contribution >= 0.6 is 0 Å². The van der Waals surface area contributed by atoms with E-state index in [2.05, 4.69) is 57.7 Å². The van der Waals surface area contributed by atoms with Crippen LogP contribution in [0.1, 0.15) is 71.3 Å². The summed E-state index contributed by atoms with van der Waals surface area (Å²) in [5, 5.41) is 0. The van der Waals surface area contributed by atoms with Crippen LogP contribution < -0.4 is 0 Å². The molecule has 1 rings (SSSR count). The summed E-state index contributed by atoms with van der Waals surface area (Å²) in [4.78, 5) is 0. The minimum atomic E-state index is -0.348. The van der Waals surface area contributed by atoms with Crippen molar-refractivity contribution in [2.45, 2.75) is 71.3 Å². The average Bonchev–Trinajstić information content (AvgIpc) is 2.56. The third kappa shape index (κ3) is 5.28. The molecule has 1 heteroatoms. The Kier molecular flexibility index (Phi) is 9.15. The molecule has 1 nitrogen and oxygen atoms in total. The maximum Gasteiger partial charge on any atom is 0.113 e. The van der Waals surface area contributed by atoms with Gasteiger partial charge >= 0.3 is 0 Å². The van der Waals surface area contributed by atoms with Gasteiger partial charge in [0.25, 0.3) is 0 Å². The van der Waals surface area contributed by atoms with Gasteiger partial charge in [0.1, 0.15) is 5.60 Å². The van der Waals surface area contributed by atoms with Crippen molar-refractivity contribution in [3.63, 3.8) is 0 Å². The molecular weight excluding hydrogens is 268 g/mol. The van der Waals surface area contributed by atoms with E-state index in [-0.39, 0.29) is 5.60 Å². The number of unbranched alkanes of at least 4 members (excludes halogenated alkanes) is 5. The van der Waals surface area contributed by atoms with Crippen molar-refractivity contribution in [2.24, 2.45) is 5.92 Å². The van der Waals surface area contributed by atoms with Gasteiger partial charge in [-0.3, -0.25) is 0 Å². The Balaban J connectivity index is 2.65. The molecule has 1 aromatic carbocycles. The lowest BCUT2D eigenvalue weighted by molar-refractivity contribution is -0.0477. The zero-order chi connectivity index (χ0) is 16.3. The highest BCUT2D eigenvalue weighted by Gasteiger charge is 2.35. The first-order valence-electron chi connectivity index (χ1n) is 9.04. The second kappa shape index (κ2) is 10.6. The van der Waals surface area contributed by atoms with Crippen molar-refractivity contribution in [3.8, 4) is 0 Å². The third-order valence-corrected chi connectivity index (χ3v) is 4.63. The second-order valence-corrected chi connectivity index (χ2v) is 6.25. The van der Waals surface area contributed by atoms with E-state index < -0.39 is 0 Å². The molecule has 0 aliphatic heterocycles. The maximum absolute atomic E-state index is 6.20. The first-order chi connectivity index (χ1) is 10.7. The molecule has 0 amide bonds. The molecular formula is C21H34O. The molecule has 0 aliphatic rings. The van der Waals surface area contributed by atoms with Gasteiger partial charge in [-0.15, -0.1) is 0 Å². The minimum absolute atomic E-state index is 0.348. The summed E-state index contributed by atoms with van der Waals surface area (Å²) in [5.41, 5.74) is 0.879. The van der Waals surface area contributed by atoms with Crippen LogP contribution in [0.15, 0.2) is 43.0 Å². The Morgan fingerprint density at radius 1 is 1.05 bits per heavy atom. The van der Waals surface area contributed by atoms with E-state index in [1.807, 2.05) is 6.08 Å². The molecule has 0 saturated heterocycles. The molecule has 0 aliphatic carbocycles. The Bertz CT molecular complexity index is 398. The summed E-state index contributed by atoms with van der Waals surface area (Å²) in [5.74, 6) is 0.443. The zero-order valence-electron chi connectivity index (χ0n) is 14.8. The summed E-state index contributed by atoms with van der Waals surface area (Å²) < 4.78 is 6.20. The van der Waals surface area contributed by atoms with E-state index in [0.717, 1.165) is 0 Å². The van der Waals surface area contributed by atoms with Gasteiger partial charge in [0, 0.05) is 6.61 Å². The quantitative estimate of drug-likeness (QED) is 0.316. The molecule has 22 heavy (non-hydrogen) atoms. The van der Waals surface area contributed by atoms with Gasteiger partial charge in [0.15, 0.2) is 0 Å². The van der Waals surface area contributed by atoms with Crippen molar-refractivity contribution in [1.82, 2.24) is 0 Å². The van der Waals surface area contributed by atoms with Crippen LogP contribution in [0, 0.1) is 5.92 Å². The lowest BCUT2D eigenvalue weighted by Gasteiger charge is -2.37. The molecule has 124 valence electrons. The number of benzene rings is 1. The van der Waals surface area contributed by atoms with Gasteiger partial charge in [0.2, 0.25) is 0 Å². The Hall–Kier alpha value is -1.08.